The van der Waals surface area contributed by atoms with Crippen molar-refractivity contribution in [3.8, 4) is 0 Å². The van der Waals surface area contributed by atoms with E-state index in [0.717, 1.165) is 19.3 Å². The fourth-order valence-corrected chi connectivity index (χ4v) is 1.34. The topological polar surface area (TPSA) is 40.5 Å². The molecule has 0 bridgehead atoms. The van der Waals surface area contributed by atoms with E-state index in [9.17, 15) is 4.79 Å². The van der Waals surface area contributed by atoms with Gasteiger partial charge in [-0.3, -0.25) is 4.79 Å². The molecule has 1 N–H and O–H groups in total. The monoisotopic (exact) mass is 171 g/mol. The first-order chi connectivity index (χ1) is 5.74. The molecule has 0 atom stereocenters. The molecule has 0 aromatic rings. The molecule has 0 unspecified atom stereocenters. The molecule has 0 saturated carbocycles. The molecule has 0 aliphatic carbocycles. The lowest BCUT2D eigenvalue weighted by Gasteiger charge is -2.35. The fraction of sp³-hybridized carbons (Fsp3) is 0.889. The van der Waals surface area contributed by atoms with Crippen molar-refractivity contribution < 1.29 is 9.90 Å². The predicted molar refractivity (Wildman–Crippen MR) is 46.7 cm³/mol. The molecule has 1 fully saturated rings. The standard InChI is InChI=1S/C9H17NO2/c1-2-3-4-5-9(12)10-6-8(11)7-10/h8,11H,2-7H2,1H3. The van der Waals surface area contributed by atoms with Crippen LogP contribution in [0.2, 0.25) is 0 Å². The second kappa shape index (κ2) is 4.45. The number of rotatable bonds is 4. The van der Waals surface area contributed by atoms with E-state index in [1.807, 2.05) is 0 Å². The van der Waals surface area contributed by atoms with Crippen molar-refractivity contribution in [2.45, 2.75) is 38.7 Å². The third-order valence-corrected chi connectivity index (χ3v) is 2.21. The Hall–Kier alpha value is -0.570. The van der Waals surface area contributed by atoms with Gasteiger partial charge in [0.05, 0.1) is 6.10 Å². The van der Waals surface area contributed by atoms with E-state index in [0.29, 0.717) is 19.5 Å². The quantitative estimate of drug-likeness (QED) is 0.635. The fourth-order valence-electron chi connectivity index (χ4n) is 1.34. The number of aliphatic hydroxyl groups is 1. The van der Waals surface area contributed by atoms with Crippen LogP contribution in [0.1, 0.15) is 32.6 Å². The Morgan fingerprint density at radius 1 is 1.50 bits per heavy atom. The van der Waals surface area contributed by atoms with E-state index >= 15 is 0 Å². The average molecular weight is 171 g/mol. The largest absolute Gasteiger partial charge is 0.389 e. The van der Waals surface area contributed by atoms with Crippen molar-refractivity contribution >= 4 is 5.91 Å². The van der Waals surface area contributed by atoms with Gasteiger partial charge in [0.25, 0.3) is 0 Å². The van der Waals surface area contributed by atoms with Crippen LogP contribution in [-0.4, -0.2) is 35.1 Å². The summed E-state index contributed by atoms with van der Waals surface area (Å²) in [7, 11) is 0. The number of nitrogens with zero attached hydrogens (tertiary/aromatic N) is 1. The molecule has 0 spiro atoms. The lowest BCUT2D eigenvalue weighted by molar-refractivity contribution is -0.141. The van der Waals surface area contributed by atoms with Gasteiger partial charge in [0, 0.05) is 19.5 Å². The van der Waals surface area contributed by atoms with E-state index in [-0.39, 0.29) is 12.0 Å². The first kappa shape index (κ1) is 9.52. The summed E-state index contributed by atoms with van der Waals surface area (Å²) in [6, 6.07) is 0. The van der Waals surface area contributed by atoms with E-state index in [2.05, 4.69) is 6.92 Å². The Balaban J connectivity index is 2.04. The molecule has 1 heterocycles. The van der Waals surface area contributed by atoms with Crippen LogP contribution in [0, 0.1) is 0 Å². The molecular weight excluding hydrogens is 154 g/mol. The SMILES string of the molecule is CCCCCC(=O)N1CC(O)C1. The Morgan fingerprint density at radius 3 is 2.67 bits per heavy atom. The van der Waals surface area contributed by atoms with Gasteiger partial charge in [0.1, 0.15) is 0 Å². The van der Waals surface area contributed by atoms with Crippen LogP contribution in [0.3, 0.4) is 0 Å². The van der Waals surface area contributed by atoms with E-state index in [1.165, 1.54) is 0 Å². The summed E-state index contributed by atoms with van der Waals surface area (Å²) in [5, 5.41) is 8.94. The molecular formula is C9H17NO2. The molecule has 3 heteroatoms. The van der Waals surface area contributed by atoms with Crippen LogP contribution in [-0.2, 0) is 4.79 Å². The number of β-amino-alcohol motifs (C(OH)–C–C–N with tert-alkyl or cyclic N) is 1. The van der Waals surface area contributed by atoms with Crippen LogP contribution >= 0.6 is 0 Å². The number of hydrogen-bond acceptors (Lipinski definition) is 2. The average Bonchev–Trinajstić information content (AvgIpc) is 1.99. The lowest BCUT2D eigenvalue weighted by atomic mass is 10.1. The molecule has 3 nitrogen and oxygen atoms in total. The zero-order valence-corrected chi connectivity index (χ0v) is 7.62. The number of amides is 1. The molecule has 0 radical (unpaired) electrons. The number of aliphatic hydroxyl groups excluding tert-OH is 1. The smallest absolute Gasteiger partial charge is 0.222 e. The van der Waals surface area contributed by atoms with Crippen LogP contribution < -0.4 is 0 Å². The molecule has 70 valence electrons. The minimum absolute atomic E-state index is 0.203. The van der Waals surface area contributed by atoms with Crippen LogP contribution in [0.5, 0.6) is 0 Å². The van der Waals surface area contributed by atoms with Gasteiger partial charge in [0.15, 0.2) is 0 Å². The van der Waals surface area contributed by atoms with Gasteiger partial charge in [-0.25, -0.2) is 0 Å². The number of carbonyl (C=O) groups is 1. The van der Waals surface area contributed by atoms with Crippen LogP contribution in [0.15, 0.2) is 0 Å². The first-order valence-corrected chi connectivity index (χ1v) is 4.70. The molecule has 1 aliphatic rings. The van der Waals surface area contributed by atoms with Gasteiger partial charge in [-0.1, -0.05) is 19.8 Å². The maximum absolute atomic E-state index is 11.3. The molecule has 0 aromatic carbocycles. The highest BCUT2D eigenvalue weighted by molar-refractivity contribution is 5.77. The summed E-state index contributed by atoms with van der Waals surface area (Å²) in [6.45, 7) is 3.22. The molecule has 1 amide bonds. The van der Waals surface area contributed by atoms with Gasteiger partial charge in [-0.05, 0) is 6.42 Å². The number of hydrogen-bond donors (Lipinski definition) is 1. The molecule has 12 heavy (non-hydrogen) atoms. The van der Waals surface area contributed by atoms with Crippen LogP contribution in [0.25, 0.3) is 0 Å². The summed E-state index contributed by atoms with van der Waals surface area (Å²) in [4.78, 5) is 13.0. The highest BCUT2D eigenvalue weighted by Crippen LogP contribution is 2.11. The zero-order chi connectivity index (χ0) is 8.97. The van der Waals surface area contributed by atoms with E-state index in [1.54, 1.807) is 4.90 Å². The molecule has 1 aliphatic heterocycles. The van der Waals surface area contributed by atoms with Crippen LogP contribution in [0.4, 0.5) is 0 Å². The van der Waals surface area contributed by atoms with Gasteiger partial charge in [0.2, 0.25) is 5.91 Å². The minimum Gasteiger partial charge on any atom is -0.389 e. The third-order valence-electron chi connectivity index (χ3n) is 2.21. The Bertz CT molecular complexity index is 153. The van der Waals surface area contributed by atoms with Crippen molar-refractivity contribution in [1.82, 2.24) is 4.90 Å². The number of unbranched alkanes of at least 4 members (excludes halogenated alkanes) is 2. The highest BCUT2D eigenvalue weighted by atomic mass is 16.3. The maximum atomic E-state index is 11.3. The van der Waals surface area contributed by atoms with Gasteiger partial charge in [-0.15, -0.1) is 0 Å². The third kappa shape index (κ3) is 2.48. The van der Waals surface area contributed by atoms with Gasteiger partial charge in [-0.2, -0.15) is 0 Å². The molecule has 1 rings (SSSR count). The van der Waals surface area contributed by atoms with E-state index < -0.39 is 0 Å². The summed E-state index contributed by atoms with van der Waals surface area (Å²) in [6.07, 6.45) is 3.65. The second-order valence-electron chi connectivity index (χ2n) is 3.41. The Kier molecular flexibility index (Phi) is 3.53. The first-order valence-electron chi connectivity index (χ1n) is 4.70. The number of carbonyl (C=O) groups excluding carboxylic acids is 1. The number of likely N-dealkylation sites (tertiary alicyclic amines) is 1. The normalized spacial score (nSPS) is 17.7. The van der Waals surface area contributed by atoms with Crippen molar-refractivity contribution in [3.63, 3.8) is 0 Å². The second-order valence-corrected chi connectivity index (χ2v) is 3.41. The zero-order valence-electron chi connectivity index (χ0n) is 7.62. The summed E-state index contributed by atoms with van der Waals surface area (Å²) < 4.78 is 0. The molecule has 1 saturated heterocycles. The van der Waals surface area contributed by atoms with Gasteiger partial charge < -0.3 is 10.0 Å². The molecule has 0 aromatic heterocycles. The van der Waals surface area contributed by atoms with Crippen molar-refractivity contribution in [1.29, 1.82) is 0 Å². The minimum atomic E-state index is -0.264. The highest BCUT2D eigenvalue weighted by Gasteiger charge is 2.27. The van der Waals surface area contributed by atoms with Crippen molar-refractivity contribution in [3.05, 3.63) is 0 Å². The van der Waals surface area contributed by atoms with E-state index in [4.69, 9.17) is 5.11 Å². The van der Waals surface area contributed by atoms with Crippen molar-refractivity contribution in [2.75, 3.05) is 13.1 Å². The maximum Gasteiger partial charge on any atom is 0.222 e. The predicted octanol–water partition coefficient (Wildman–Crippen LogP) is 0.770. The Morgan fingerprint density at radius 2 is 2.17 bits per heavy atom. The summed E-state index contributed by atoms with van der Waals surface area (Å²) in [5.74, 6) is 0.203. The Labute approximate surface area is 73.4 Å². The summed E-state index contributed by atoms with van der Waals surface area (Å²) in [5.41, 5.74) is 0. The lowest BCUT2D eigenvalue weighted by Crippen LogP contribution is -2.53. The summed E-state index contributed by atoms with van der Waals surface area (Å²) >= 11 is 0. The van der Waals surface area contributed by atoms with Crippen molar-refractivity contribution in [2.24, 2.45) is 0 Å². The van der Waals surface area contributed by atoms with Gasteiger partial charge >= 0.3 is 0 Å².